The fourth-order valence-electron chi connectivity index (χ4n) is 5.39. The maximum absolute atomic E-state index is 14.8. The zero-order chi connectivity index (χ0) is 27.2. The van der Waals surface area contributed by atoms with Gasteiger partial charge in [0.2, 0.25) is 5.95 Å². The van der Waals surface area contributed by atoms with Crippen LogP contribution in [0, 0.1) is 0 Å². The van der Waals surface area contributed by atoms with E-state index in [1.165, 1.54) is 6.92 Å². The van der Waals surface area contributed by atoms with Gasteiger partial charge in [-0.3, -0.25) is 9.78 Å². The highest BCUT2D eigenvalue weighted by molar-refractivity contribution is 6.07. The summed E-state index contributed by atoms with van der Waals surface area (Å²) in [7, 11) is 0. The zero-order valence-corrected chi connectivity index (χ0v) is 22.1. The average molecular weight is 524 g/mol. The van der Waals surface area contributed by atoms with Crippen molar-refractivity contribution >= 4 is 34.3 Å². The molecule has 0 aromatic carbocycles. The summed E-state index contributed by atoms with van der Waals surface area (Å²) in [4.78, 5) is 32.9. The van der Waals surface area contributed by atoms with Crippen LogP contribution >= 0.6 is 0 Å². The van der Waals surface area contributed by atoms with E-state index in [1.54, 1.807) is 36.5 Å². The van der Waals surface area contributed by atoms with Gasteiger partial charge < -0.3 is 25.7 Å². The quantitative estimate of drug-likeness (QED) is 0.384. The topological polar surface area (TPSA) is 136 Å². The minimum absolute atomic E-state index is 0.0194. The summed E-state index contributed by atoms with van der Waals surface area (Å²) in [6, 6.07) is 3.44. The summed E-state index contributed by atoms with van der Waals surface area (Å²) in [5.41, 5.74) is -1.39. The lowest BCUT2D eigenvalue weighted by Crippen LogP contribution is -2.53. The molecule has 1 aliphatic carbocycles. The van der Waals surface area contributed by atoms with Gasteiger partial charge in [0.25, 0.3) is 5.91 Å². The summed E-state index contributed by atoms with van der Waals surface area (Å²) < 4.78 is 14.8. The molecule has 10 nitrogen and oxygen atoms in total. The smallest absolute Gasteiger partial charge is 0.270 e. The van der Waals surface area contributed by atoms with Gasteiger partial charge in [0.1, 0.15) is 17.3 Å². The molecule has 38 heavy (non-hydrogen) atoms. The second kappa shape index (κ2) is 9.70. The normalized spacial score (nSPS) is 27.3. The van der Waals surface area contributed by atoms with Crippen molar-refractivity contribution in [3.8, 4) is 0 Å². The Hall–Kier alpha value is -3.44. The molecule has 0 radical (unpaired) electrons. The molecule has 5 rings (SSSR count). The highest BCUT2D eigenvalue weighted by Crippen LogP contribution is 2.35. The van der Waals surface area contributed by atoms with E-state index >= 15 is 0 Å². The molecule has 202 valence electrons. The van der Waals surface area contributed by atoms with Gasteiger partial charge in [-0.15, -0.1) is 0 Å². The van der Waals surface area contributed by atoms with Crippen LogP contribution in [0.1, 0.15) is 68.9 Å². The second-order valence-corrected chi connectivity index (χ2v) is 11.2. The van der Waals surface area contributed by atoms with Gasteiger partial charge >= 0.3 is 0 Å². The number of nitrogens with one attached hydrogen (secondary N) is 2. The molecule has 2 aliphatic rings. The van der Waals surface area contributed by atoms with Gasteiger partial charge in [0, 0.05) is 42.1 Å². The third kappa shape index (κ3) is 5.12. The van der Waals surface area contributed by atoms with Gasteiger partial charge in [-0.05, 0) is 56.5 Å². The van der Waals surface area contributed by atoms with Gasteiger partial charge in [0.15, 0.2) is 5.67 Å². The Labute approximate surface area is 220 Å². The maximum Gasteiger partial charge on any atom is 0.270 e. The van der Waals surface area contributed by atoms with Gasteiger partial charge in [0.05, 0.1) is 18.2 Å². The molecule has 1 saturated heterocycles. The molecule has 0 spiro atoms. The SMILES string of the molecule is CC(C)c1c(Nc2ccnc(N3CC[C@@H](O)[C@@](C)(F)C3)n2)nc(C(=O)NC2CC(C)(O)C2)c2cnccc12. The first-order chi connectivity index (χ1) is 17.9. The predicted molar refractivity (Wildman–Crippen MR) is 142 cm³/mol. The second-order valence-electron chi connectivity index (χ2n) is 11.2. The van der Waals surface area contributed by atoms with Gasteiger partial charge in [-0.2, -0.15) is 4.98 Å². The number of aromatic nitrogens is 4. The number of carbonyl (C=O) groups is 1. The van der Waals surface area contributed by atoms with Crippen molar-refractivity contribution in [1.82, 2.24) is 25.3 Å². The largest absolute Gasteiger partial charge is 0.390 e. The Bertz CT molecular complexity index is 1360. The van der Waals surface area contributed by atoms with Gasteiger partial charge in [-0.25, -0.2) is 14.4 Å². The van der Waals surface area contributed by atoms with E-state index in [2.05, 4.69) is 25.6 Å². The molecule has 4 heterocycles. The molecule has 1 saturated carbocycles. The number of aliphatic hydroxyl groups excluding tert-OH is 1. The number of alkyl halides is 1. The summed E-state index contributed by atoms with van der Waals surface area (Å²) in [6.07, 6.45) is 5.14. The molecular weight excluding hydrogens is 489 g/mol. The van der Waals surface area contributed by atoms with Crippen LogP contribution in [-0.4, -0.2) is 72.6 Å². The van der Waals surface area contributed by atoms with E-state index < -0.39 is 17.4 Å². The molecule has 11 heteroatoms. The van der Waals surface area contributed by atoms with Crippen molar-refractivity contribution < 1.29 is 19.4 Å². The number of halogens is 1. The number of fused-ring (bicyclic) bond motifs is 1. The number of piperidine rings is 1. The molecule has 4 N–H and O–H groups in total. The molecule has 3 aromatic rings. The van der Waals surface area contributed by atoms with Crippen molar-refractivity contribution in [2.75, 3.05) is 23.3 Å². The van der Waals surface area contributed by atoms with Crippen LogP contribution in [0.15, 0.2) is 30.7 Å². The first-order valence-corrected chi connectivity index (χ1v) is 13.0. The number of amides is 1. The van der Waals surface area contributed by atoms with Crippen LogP contribution in [-0.2, 0) is 0 Å². The number of anilines is 3. The third-order valence-corrected chi connectivity index (χ3v) is 7.38. The van der Waals surface area contributed by atoms with Gasteiger partial charge in [-0.1, -0.05) is 13.8 Å². The molecule has 1 amide bonds. The Morgan fingerprint density at radius 3 is 2.63 bits per heavy atom. The molecule has 2 fully saturated rings. The van der Waals surface area contributed by atoms with Crippen LogP contribution in [0.2, 0.25) is 0 Å². The molecule has 2 atom stereocenters. The lowest BCUT2D eigenvalue weighted by molar-refractivity contribution is -0.0367. The molecule has 1 aliphatic heterocycles. The zero-order valence-electron chi connectivity index (χ0n) is 22.1. The number of carbonyl (C=O) groups excluding carboxylic acids is 1. The van der Waals surface area contributed by atoms with E-state index in [0.717, 1.165) is 10.9 Å². The minimum atomic E-state index is -1.76. The molecule has 0 unspecified atom stereocenters. The first kappa shape index (κ1) is 26.2. The number of rotatable bonds is 6. The monoisotopic (exact) mass is 523 g/mol. The fraction of sp³-hybridized carbons (Fsp3) is 0.519. The fourth-order valence-corrected chi connectivity index (χ4v) is 5.39. The van der Waals surface area contributed by atoms with Crippen LogP contribution in [0.5, 0.6) is 0 Å². The number of aliphatic hydroxyl groups is 2. The van der Waals surface area contributed by atoms with E-state index in [0.29, 0.717) is 42.4 Å². The number of pyridine rings is 2. The Kier molecular flexibility index (Phi) is 6.68. The van der Waals surface area contributed by atoms with Crippen molar-refractivity contribution in [1.29, 1.82) is 0 Å². The Balaban J connectivity index is 1.49. The lowest BCUT2D eigenvalue weighted by atomic mass is 9.77. The van der Waals surface area contributed by atoms with Crippen molar-refractivity contribution in [3.63, 3.8) is 0 Å². The van der Waals surface area contributed by atoms with Crippen LogP contribution in [0.4, 0.5) is 22.0 Å². The van der Waals surface area contributed by atoms with E-state index in [4.69, 9.17) is 4.98 Å². The summed E-state index contributed by atoms with van der Waals surface area (Å²) in [5.74, 6) is 1.01. The third-order valence-electron chi connectivity index (χ3n) is 7.38. The van der Waals surface area contributed by atoms with Crippen LogP contribution in [0.3, 0.4) is 0 Å². The standard InChI is InChI=1S/C27H34FN7O3/c1-15(2)21-17-5-8-29-13-18(17)22(24(37)31-16-11-26(3,38)12-16)34-23(21)32-20-6-9-30-25(33-20)35-10-7-19(36)27(4,28)14-35/h5-6,8-9,13,15-16,19,36,38H,7,10-12,14H2,1-4H3,(H,31,37)(H,30,32,33,34)/t16?,19-,26?,27+/m1/s1. The molecule has 0 bridgehead atoms. The minimum Gasteiger partial charge on any atom is -0.390 e. The lowest BCUT2D eigenvalue weighted by Gasteiger charge is -2.41. The van der Waals surface area contributed by atoms with Crippen LogP contribution in [0.25, 0.3) is 10.8 Å². The molecular formula is C27H34FN7O3. The maximum atomic E-state index is 14.8. The summed E-state index contributed by atoms with van der Waals surface area (Å²) in [5, 5.41) is 27.8. The summed E-state index contributed by atoms with van der Waals surface area (Å²) >= 11 is 0. The Morgan fingerprint density at radius 2 is 1.95 bits per heavy atom. The van der Waals surface area contributed by atoms with Crippen LogP contribution < -0.4 is 15.5 Å². The highest BCUT2D eigenvalue weighted by Gasteiger charge is 2.40. The van der Waals surface area contributed by atoms with Crippen molar-refractivity contribution in [3.05, 3.63) is 42.0 Å². The molecule has 3 aromatic heterocycles. The van der Waals surface area contributed by atoms with E-state index in [1.807, 2.05) is 19.9 Å². The van der Waals surface area contributed by atoms with E-state index in [9.17, 15) is 19.4 Å². The number of hydrogen-bond donors (Lipinski definition) is 4. The summed E-state index contributed by atoms with van der Waals surface area (Å²) in [6.45, 7) is 7.64. The van der Waals surface area contributed by atoms with Crippen molar-refractivity contribution in [2.24, 2.45) is 0 Å². The first-order valence-electron chi connectivity index (χ1n) is 13.0. The van der Waals surface area contributed by atoms with Crippen molar-refractivity contribution in [2.45, 2.75) is 76.3 Å². The average Bonchev–Trinajstić information content (AvgIpc) is 2.84. The predicted octanol–water partition coefficient (Wildman–Crippen LogP) is 3.23. The number of hydrogen-bond acceptors (Lipinski definition) is 9. The van der Waals surface area contributed by atoms with E-state index in [-0.39, 0.29) is 36.5 Å². The highest BCUT2D eigenvalue weighted by atomic mass is 19.1. The number of nitrogens with zero attached hydrogens (tertiary/aromatic N) is 5. The Morgan fingerprint density at radius 1 is 1.18 bits per heavy atom.